The van der Waals surface area contributed by atoms with E-state index in [0.29, 0.717) is 19.4 Å². The first-order valence-corrected chi connectivity index (χ1v) is 26.1. The third kappa shape index (κ3) is 46.9. The van der Waals surface area contributed by atoms with Gasteiger partial charge < -0.3 is 25.2 Å². The normalized spacial score (nSPS) is 14.5. The Kier molecular flexibility index (Phi) is 45.0. The number of phosphoric ester groups is 1. The summed E-state index contributed by atoms with van der Waals surface area (Å²) in [6.07, 6.45) is 60.7. The molecule has 0 aromatic carbocycles. The van der Waals surface area contributed by atoms with Gasteiger partial charge in [0.25, 0.3) is 0 Å². The van der Waals surface area contributed by atoms with Crippen molar-refractivity contribution < 1.29 is 42.7 Å². The molecule has 0 fully saturated rings. The van der Waals surface area contributed by atoms with Gasteiger partial charge in [0, 0.05) is 13.0 Å². The minimum Gasteiger partial charge on any atom is -0.480 e. The first-order valence-electron chi connectivity index (χ1n) is 24.6. The second kappa shape index (κ2) is 47.1. The number of carboxylic acid groups (broad SMARTS) is 1. The minimum atomic E-state index is -4.64. The van der Waals surface area contributed by atoms with E-state index in [1.165, 1.54) is 96.3 Å². The SMILES string of the molecule is CC/C=C\C/C=C\C/C=C\C/C=C\C/C=C\C/C=C\C/C=C\CCCC(=O)OC(COCCCCCCCCCCCCCCCCCCCC)COP(=O)(O)OCC(N)C(=O)O. The van der Waals surface area contributed by atoms with E-state index in [1.54, 1.807) is 0 Å². The van der Waals surface area contributed by atoms with Crippen molar-refractivity contribution in [2.45, 2.75) is 206 Å². The molecule has 0 heterocycles. The number of hydrogen-bond acceptors (Lipinski definition) is 8. The molecule has 362 valence electrons. The van der Waals surface area contributed by atoms with Crippen molar-refractivity contribution in [3.63, 3.8) is 0 Å². The molecule has 63 heavy (non-hydrogen) atoms. The topological polar surface area (TPSA) is 155 Å². The molecule has 0 aliphatic rings. The number of phosphoric acid groups is 1. The number of carbonyl (C=O) groups is 2. The van der Waals surface area contributed by atoms with Crippen LogP contribution in [0.1, 0.15) is 194 Å². The number of ether oxygens (including phenoxy) is 2. The highest BCUT2D eigenvalue weighted by Crippen LogP contribution is 2.43. The molecule has 0 radical (unpaired) electrons. The van der Waals surface area contributed by atoms with Gasteiger partial charge in [0.2, 0.25) is 0 Å². The molecule has 0 rings (SSSR count). The van der Waals surface area contributed by atoms with E-state index < -0.39 is 45.1 Å². The Balaban J connectivity index is 4.29. The van der Waals surface area contributed by atoms with Gasteiger partial charge in [-0.3, -0.25) is 18.6 Å². The van der Waals surface area contributed by atoms with E-state index in [0.717, 1.165) is 64.2 Å². The fourth-order valence-electron chi connectivity index (χ4n) is 6.42. The van der Waals surface area contributed by atoms with Gasteiger partial charge in [0.1, 0.15) is 12.1 Å². The van der Waals surface area contributed by atoms with Crippen LogP contribution in [0.5, 0.6) is 0 Å². The van der Waals surface area contributed by atoms with Crippen LogP contribution in [0.15, 0.2) is 85.1 Å². The number of nitrogens with two attached hydrogens (primary N) is 1. The van der Waals surface area contributed by atoms with Gasteiger partial charge in [0.05, 0.1) is 19.8 Å². The maximum Gasteiger partial charge on any atom is 0.472 e. The number of carboxylic acids is 1. The molecule has 0 saturated heterocycles. The van der Waals surface area contributed by atoms with Crippen molar-refractivity contribution in [3.05, 3.63) is 85.1 Å². The van der Waals surface area contributed by atoms with Gasteiger partial charge in [-0.1, -0.05) is 208 Å². The van der Waals surface area contributed by atoms with Crippen molar-refractivity contribution in [1.29, 1.82) is 0 Å². The number of esters is 1. The van der Waals surface area contributed by atoms with Gasteiger partial charge in [-0.15, -0.1) is 0 Å². The van der Waals surface area contributed by atoms with E-state index in [4.69, 9.17) is 29.4 Å². The smallest absolute Gasteiger partial charge is 0.472 e. The maximum atomic E-state index is 12.7. The average molecular weight is 904 g/mol. The number of rotatable bonds is 46. The molecule has 0 saturated carbocycles. The highest BCUT2D eigenvalue weighted by Gasteiger charge is 2.27. The zero-order chi connectivity index (χ0) is 46.2. The summed E-state index contributed by atoms with van der Waals surface area (Å²) in [5.41, 5.74) is 5.37. The Labute approximate surface area is 384 Å². The van der Waals surface area contributed by atoms with Gasteiger partial charge in [-0.05, 0) is 64.2 Å². The molecule has 0 amide bonds. The van der Waals surface area contributed by atoms with Crippen LogP contribution in [0.4, 0.5) is 0 Å². The van der Waals surface area contributed by atoms with E-state index in [1.807, 2.05) is 6.08 Å². The quantitative estimate of drug-likeness (QED) is 0.0233. The maximum absolute atomic E-state index is 12.7. The number of aliphatic carboxylic acids is 1. The van der Waals surface area contributed by atoms with Gasteiger partial charge >= 0.3 is 19.8 Å². The molecule has 0 spiro atoms. The summed E-state index contributed by atoms with van der Waals surface area (Å²) in [6.45, 7) is 3.71. The molecule has 4 N–H and O–H groups in total. The predicted molar refractivity (Wildman–Crippen MR) is 263 cm³/mol. The molecule has 11 heteroatoms. The van der Waals surface area contributed by atoms with Gasteiger partial charge in [-0.2, -0.15) is 0 Å². The molecular weight excluding hydrogens is 814 g/mol. The molecule has 3 atom stereocenters. The number of unbranched alkanes of at least 4 members (excludes halogenated alkanes) is 18. The molecule has 3 unspecified atom stereocenters. The third-order valence-electron chi connectivity index (χ3n) is 10.2. The van der Waals surface area contributed by atoms with Crippen LogP contribution in [-0.2, 0) is 32.7 Å². The van der Waals surface area contributed by atoms with Gasteiger partial charge in [0.15, 0.2) is 0 Å². The molecular formula is C52H90NO9P. The summed E-state index contributed by atoms with van der Waals surface area (Å²) in [7, 11) is -4.64. The van der Waals surface area contributed by atoms with Crippen LogP contribution < -0.4 is 5.73 Å². The minimum absolute atomic E-state index is 0.00873. The molecule has 0 aromatic rings. The summed E-state index contributed by atoms with van der Waals surface area (Å²) in [5, 5.41) is 8.92. The first-order chi connectivity index (χ1) is 30.7. The number of hydrogen-bond donors (Lipinski definition) is 3. The second-order valence-electron chi connectivity index (χ2n) is 16.2. The van der Waals surface area contributed by atoms with Crippen molar-refractivity contribution in [2.24, 2.45) is 5.73 Å². The molecule has 0 bridgehead atoms. The molecule has 0 aliphatic carbocycles. The molecule has 0 aliphatic heterocycles. The van der Waals surface area contributed by atoms with Crippen molar-refractivity contribution in [2.75, 3.05) is 26.4 Å². The van der Waals surface area contributed by atoms with E-state index >= 15 is 0 Å². The van der Waals surface area contributed by atoms with E-state index in [2.05, 4.69) is 92.8 Å². The number of carbonyl (C=O) groups excluding carboxylic acids is 1. The van der Waals surface area contributed by atoms with Crippen LogP contribution in [0, 0.1) is 0 Å². The Hall–Kier alpha value is -2.85. The van der Waals surface area contributed by atoms with E-state index in [9.17, 15) is 19.0 Å². The summed E-state index contributed by atoms with van der Waals surface area (Å²) < 4.78 is 33.4. The van der Waals surface area contributed by atoms with Crippen LogP contribution in [0.3, 0.4) is 0 Å². The fraction of sp³-hybridized carbons (Fsp3) is 0.692. The second-order valence-corrected chi connectivity index (χ2v) is 17.7. The predicted octanol–water partition coefficient (Wildman–Crippen LogP) is 14.3. The first kappa shape index (κ1) is 60.2. The Morgan fingerprint density at radius 1 is 0.524 bits per heavy atom. The number of allylic oxidation sites excluding steroid dienone is 14. The Morgan fingerprint density at radius 2 is 0.905 bits per heavy atom. The largest absolute Gasteiger partial charge is 0.480 e. The van der Waals surface area contributed by atoms with Crippen LogP contribution >= 0.6 is 7.82 Å². The summed E-state index contributed by atoms with van der Waals surface area (Å²) >= 11 is 0. The zero-order valence-corrected chi connectivity index (χ0v) is 40.5. The van der Waals surface area contributed by atoms with Crippen molar-refractivity contribution >= 4 is 19.8 Å². The molecule has 10 nitrogen and oxygen atoms in total. The Bertz CT molecular complexity index is 1320. The van der Waals surface area contributed by atoms with E-state index in [-0.39, 0.29) is 13.0 Å². The highest BCUT2D eigenvalue weighted by molar-refractivity contribution is 7.47. The monoisotopic (exact) mass is 904 g/mol. The lowest BCUT2D eigenvalue weighted by Crippen LogP contribution is -2.34. The van der Waals surface area contributed by atoms with Crippen LogP contribution in [0.25, 0.3) is 0 Å². The van der Waals surface area contributed by atoms with Crippen molar-refractivity contribution in [3.8, 4) is 0 Å². The van der Waals surface area contributed by atoms with Crippen LogP contribution in [-0.4, -0.2) is 60.5 Å². The average Bonchev–Trinajstić information content (AvgIpc) is 3.26. The lowest BCUT2D eigenvalue weighted by Gasteiger charge is -2.20. The summed E-state index contributed by atoms with van der Waals surface area (Å²) in [4.78, 5) is 33.6. The molecule has 0 aromatic heterocycles. The third-order valence-corrected chi connectivity index (χ3v) is 11.1. The van der Waals surface area contributed by atoms with Crippen LogP contribution in [0.2, 0.25) is 0 Å². The summed E-state index contributed by atoms with van der Waals surface area (Å²) in [6, 6.07) is -1.49. The Morgan fingerprint density at radius 3 is 1.32 bits per heavy atom. The lowest BCUT2D eigenvalue weighted by molar-refractivity contribution is -0.154. The van der Waals surface area contributed by atoms with Crippen molar-refractivity contribution in [1.82, 2.24) is 0 Å². The highest BCUT2D eigenvalue weighted by atomic mass is 31.2. The van der Waals surface area contributed by atoms with Gasteiger partial charge in [-0.25, -0.2) is 4.57 Å². The lowest BCUT2D eigenvalue weighted by atomic mass is 10.0. The zero-order valence-electron chi connectivity index (χ0n) is 39.6. The standard InChI is InChI=1S/C52H90NO9P/c1-3-5-7-9-11-13-15-17-19-21-23-24-25-26-27-28-30-32-34-36-38-40-42-44-51(54)62-49(47-60-63(57,58)61-48-50(53)52(55)56)46-59-45-43-41-39-37-35-33-31-29-22-20-18-16-14-12-10-8-6-4-2/h5,7,11,13,17,19,23-24,26-27,30,32,36,38,49-50H,3-4,6,8-10,12,14-16,18,20-22,25,28-29,31,33-35,37,39-48,53H2,1-2H3,(H,55,56)(H,57,58)/b7-5-,13-11-,19-17-,24-23-,27-26-,32-30-,38-36-. The summed E-state index contributed by atoms with van der Waals surface area (Å²) in [5.74, 6) is -1.84. The fourth-order valence-corrected chi connectivity index (χ4v) is 7.19.